The number of aromatic nitrogens is 2. The zero-order chi connectivity index (χ0) is 13.4. The summed E-state index contributed by atoms with van der Waals surface area (Å²) in [5.74, 6) is 0.701. The van der Waals surface area contributed by atoms with Crippen LogP contribution in [0.4, 0.5) is 0 Å². The van der Waals surface area contributed by atoms with Gasteiger partial charge in [0.25, 0.3) is 0 Å². The normalized spacial score (nSPS) is 17.2. The highest BCUT2D eigenvalue weighted by Gasteiger charge is 2.18. The van der Waals surface area contributed by atoms with Gasteiger partial charge in [-0.25, -0.2) is 4.79 Å². The molecule has 2 aromatic rings. The molecule has 0 radical (unpaired) electrons. The zero-order valence-electron chi connectivity index (χ0n) is 11.2. The Morgan fingerprint density at radius 1 is 1.42 bits per heavy atom. The van der Waals surface area contributed by atoms with Gasteiger partial charge in [-0.2, -0.15) is 5.10 Å². The van der Waals surface area contributed by atoms with E-state index in [9.17, 15) is 4.79 Å². The number of hydrogen-bond donors (Lipinski definition) is 1. The van der Waals surface area contributed by atoms with Crippen molar-refractivity contribution in [2.45, 2.75) is 13.5 Å². The van der Waals surface area contributed by atoms with Crippen molar-refractivity contribution in [1.82, 2.24) is 9.78 Å². The largest absolute Gasteiger partial charge is 0.421 e. The van der Waals surface area contributed by atoms with Crippen LogP contribution in [0, 0.1) is 6.92 Å². The minimum Gasteiger partial charge on any atom is -0.421 e. The van der Waals surface area contributed by atoms with Crippen molar-refractivity contribution in [1.29, 1.82) is 0 Å². The van der Waals surface area contributed by atoms with Gasteiger partial charge in [0.05, 0.1) is 18.9 Å². The van der Waals surface area contributed by atoms with Crippen molar-refractivity contribution < 1.29 is 14.1 Å². The Hall–Kier alpha value is -1.66. The topological polar surface area (TPSA) is 61.7 Å². The summed E-state index contributed by atoms with van der Waals surface area (Å²) < 4.78 is 12.5. The fourth-order valence-corrected chi connectivity index (χ4v) is 2.51. The molecular weight excluding hydrogens is 246 g/mol. The molecule has 3 rings (SSSR count). The molecule has 19 heavy (non-hydrogen) atoms. The van der Waals surface area contributed by atoms with Crippen LogP contribution in [-0.2, 0) is 18.3 Å². The van der Waals surface area contributed by atoms with Gasteiger partial charge in [-0.3, -0.25) is 4.68 Å². The number of nitrogens with zero attached hydrogens (tertiary/aromatic N) is 2. The smallest absolute Gasteiger partial charge is 0.347 e. The SMILES string of the molecule is Cc1c2c(=O)oc(C[NH+]3CCOCC3)cc2nn1C. The van der Waals surface area contributed by atoms with E-state index < -0.39 is 0 Å². The molecule has 0 saturated carbocycles. The average molecular weight is 264 g/mol. The lowest BCUT2D eigenvalue weighted by Gasteiger charge is -2.22. The van der Waals surface area contributed by atoms with Crippen LogP contribution in [0.5, 0.6) is 0 Å². The molecule has 1 fully saturated rings. The van der Waals surface area contributed by atoms with Gasteiger partial charge >= 0.3 is 5.63 Å². The van der Waals surface area contributed by atoms with Gasteiger partial charge in [0.1, 0.15) is 30.5 Å². The Kier molecular flexibility index (Phi) is 3.12. The minimum atomic E-state index is -0.286. The van der Waals surface area contributed by atoms with Crippen molar-refractivity contribution in [3.05, 3.63) is 27.9 Å². The highest BCUT2D eigenvalue weighted by atomic mass is 16.5. The molecule has 0 aliphatic carbocycles. The van der Waals surface area contributed by atoms with E-state index in [-0.39, 0.29) is 5.63 Å². The van der Waals surface area contributed by atoms with Crippen molar-refractivity contribution in [3.8, 4) is 0 Å². The van der Waals surface area contributed by atoms with Crippen molar-refractivity contribution in [3.63, 3.8) is 0 Å². The van der Waals surface area contributed by atoms with Crippen LogP contribution in [-0.4, -0.2) is 36.1 Å². The van der Waals surface area contributed by atoms with Crippen LogP contribution in [0.1, 0.15) is 11.5 Å². The number of fused-ring (bicyclic) bond motifs is 1. The van der Waals surface area contributed by atoms with Gasteiger partial charge in [-0.05, 0) is 6.92 Å². The number of nitrogens with one attached hydrogen (secondary N) is 1. The number of aryl methyl sites for hydroxylation is 2. The Morgan fingerprint density at radius 2 is 2.16 bits per heavy atom. The molecule has 3 heterocycles. The maximum atomic E-state index is 12.0. The quantitative estimate of drug-likeness (QED) is 0.775. The average Bonchev–Trinajstić information content (AvgIpc) is 2.66. The van der Waals surface area contributed by atoms with Gasteiger partial charge in [0.2, 0.25) is 0 Å². The molecule has 0 atom stereocenters. The zero-order valence-corrected chi connectivity index (χ0v) is 11.2. The van der Waals surface area contributed by atoms with Gasteiger partial charge in [-0.15, -0.1) is 0 Å². The molecule has 1 aliphatic rings. The standard InChI is InChI=1S/C13H17N3O3/c1-9-12-11(14-15(9)2)7-10(19-13(12)17)8-16-3-5-18-6-4-16/h7H,3-6,8H2,1-2H3/p+1. The molecule has 0 aromatic carbocycles. The number of hydrogen-bond acceptors (Lipinski definition) is 4. The lowest BCUT2D eigenvalue weighted by atomic mass is 10.2. The third-order valence-electron chi connectivity index (χ3n) is 3.71. The second-order valence-electron chi connectivity index (χ2n) is 5.01. The summed E-state index contributed by atoms with van der Waals surface area (Å²) in [6.07, 6.45) is 0. The fraction of sp³-hybridized carbons (Fsp3) is 0.538. The van der Waals surface area contributed by atoms with E-state index in [1.165, 1.54) is 4.90 Å². The molecule has 6 heteroatoms. The lowest BCUT2D eigenvalue weighted by molar-refractivity contribution is -0.922. The van der Waals surface area contributed by atoms with Crippen LogP contribution in [0.25, 0.3) is 10.9 Å². The van der Waals surface area contributed by atoms with Crippen LogP contribution in [0.3, 0.4) is 0 Å². The van der Waals surface area contributed by atoms with Crippen molar-refractivity contribution in [2.75, 3.05) is 26.3 Å². The Labute approximate surface area is 110 Å². The second kappa shape index (κ2) is 4.79. The second-order valence-corrected chi connectivity index (χ2v) is 5.01. The summed E-state index contributed by atoms with van der Waals surface area (Å²) in [5, 5.41) is 4.94. The molecule has 1 N–H and O–H groups in total. The minimum absolute atomic E-state index is 0.286. The summed E-state index contributed by atoms with van der Waals surface area (Å²) >= 11 is 0. The highest BCUT2D eigenvalue weighted by Crippen LogP contribution is 2.13. The summed E-state index contributed by atoms with van der Waals surface area (Å²) in [4.78, 5) is 13.4. The van der Waals surface area contributed by atoms with E-state index in [1.807, 2.05) is 20.0 Å². The van der Waals surface area contributed by atoms with E-state index in [2.05, 4.69) is 5.10 Å². The first-order valence-electron chi connectivity index (χ1n) is 6.53. The molecule has 102 valence electrons. The first-order chi connectivity index (χ1) is 9.15. The predicted molar refractivity (Wildman–Crippen MR) is 69.2 cm³/mol. The summed E-state index contributed by atoms with van der Waals surface area (Å²) in [7, 11) is 1.83. The van der Waals surface area contributed by atoms with Crippen LogP contribution < -0.4 is 10.5 Å². The molecule has 0 spiro atoms. The fourth-order valence-electron chi connectivity index (χ4n) is 2.51. The van der Waals surface area contributed by atoms with E-state index in [4.69, 9.17) is 9.15 Å². The Morgan fingerprint density at radius 3 is 2.89 bits per heavy atom. The van der Waals surface area contributed by atoms with Gasteiger partial charge in [0, 0.05) is 13.1 Å². The summed E-state index contributed by atoms with van der Waals surface area (Å²) in [6, 6.07) is 1.88. The van der Waals surface area contributed by atoms with Crippen molar-refractivity contribution >= 4 is 10.9 Å². The number of quaternary nitrogens is 1. The van der Waals surface area contributed by atoms with Crippen LogP contribution in [0.2, 0.25) is 0 Å². The third-order valence-corrected chi connectivity index (χ3v) is 3.71. The number of rotatable bonds is 2. The van der Waals surface area contributed by atoms with Gasteiger partial charge < -0.3 is 14.1 Å². The molecular formula is C13H18N3O3+. The van der Waals surface area contributed by atoms with E-state index in [0.717, 1.165) is 37.5 Å². The maximum absolute atomic E-state index is 12.0. The van der Waals surface area contributed by atoms with Crippen LogP contribution in [0.15, 0.2) is 15.3 Å². The third kappa shape index (κ3) is 2.29. The summed E-state index contributed by atoms with van der Waals surface area (Å²) in [5.41, 5.74) is 1.28. The lowest BCUT2D eigenvalue weighted by Crippen LogP contribution is -3.12. The molecule has 1 saturated heterocycles. The summed E-state index contributed by atoms with van der Waals surface area (Å²) in [6.45, 7) is 6.02. The number of morpholine rings is 1. The molecule has 2 aromatic heterocycles. The monoisotopic (exact) mass is 264 g/mol. The molecule has 6 nitrogen and oxygen atoms in total. The highest BCUT2D eigenvalue weighted by molar-refractivity contribution is 5.79. The predicted octanol–water partition coefficient (Wildman–Crippen LogP) is -0.750. The molecule has 0 bridgehead atoms. The van der Waals surface area contributed by atoms with Gasteiger partial charge in [0.15, 0.2) is 5.76 Å². The number of ether oxygens (including phenoxy) is 1. The maximum Gasteiger partial charge on any atom is 0.347 e. The van der Waals surface area contributed by atoms with Crippen molar-refractivity contribution in [2.24, 2.45) is 7.05 Å². The van der Waals surface area contributed by atoms with Crippen LogP contribution >= 0.6 is 0 Å². The molecule has 0 unspecified atom stereocenters. The van der Waals surface area contributed by atoms with E-state index >= 15 is 0 Å². The first-order valence-corrected chi connectivity index (χ1v) is 6.53. The van der Waals surface area contributed by atoms with E-state index in [1.54, 1.807) is 4.68 Å². The molecule has 0 amide bonds. The van der Waals surface area contributed by atoms with Gasteiger partial charge in [-0.1, -0.05) is 0 Å². The first kappa shape index (κ1) is 12.4. The Balaban J connectivity index is 1.94. The Bertz CT molecular complexity index is 653. The molecule has 1 aliphatic heterocycles. The van der Waals surface area contributed by atoms with E-state index in [0.29, 0.717) is 17.7 Å².